The minimum Gasteiger partial charge on any atom is -0.511 e. The Balaban J connectivity index is 3.11. The lowest BCUT2D eigenvalue weighted by atomic mass is 10.1. The van der Waals surface area contributed by atoms with Gasteiger partial charge in [0.15, 0.2) is 0 Å². The van der Waals surface area contributed by atoms with E-state index in [0.29, 0.717) is 5.75 Å². The summed E-state index contributed by atoms with van der Waals surface area (Å²) in [5.74, 6) is -0.225. The predicted octanol–water partition coefficient (Wildman–Crippen LogP) is -0.170. The van der Waals surface area contributed by atoms with E-state index in [1.54, 1.807) is 0 Å². The molecule has 7 heteroatoms. The first-order chi connectivity index (χ1) is 7.58. The minimum atomic E-state index is -2.00. The van der Waals surface area contributed by atoms with Crippen molar-refractivity contribution in [3.63, 3.8) is 0 Å². The monoisotopic (exact) mass is 226 g/mol. The Morgan fingerprint density at radius 1 is 1.31 bits per heavy atom. The van der Waals surface area contributed by atoms with E-state index in [1.807, 2.05) is 0 Å². The Kier molecular flexibility index (Phi) is 4.15. The van der Waals surface area contributed by atoms with Crippen LogP contribution in [0.2, 0.25) is 0 Å². The van der Waals surface area contributed by atoms with Gasteiger partial charge in [-0.2, -0.15) is 0 Å². The van der Waals surface area contributed by atoms with Crippen LogP contribution in [0.1, 0.15) is 10.4 Å². The number of benzene rings is 1. The van der Waals surface area contributed by atoms with E-state index in [4.69, 9.17) is 14.8 Å². The average Bonchev–Trinajstić information content (AvgIpc) is 2.28. The molecule has 0 amide bonds. The van der Waals surface area contributed by atoms with Crippen molar-refractivity contribution in [2.45, 2.75) is 0 Å². The highest BCUT2D eigenvalue weighted by molar-refractivity contribution is 6.34. The molecule has 0 saturated heterocycles. The molecule has 0 unspecified atom stereocenters. The largest absolute Gasteiger partial charge is 0.707 e. The minimum absolute atomic E-state index is 0.00245. The van der Waals surface area contributed by atoms with Gasteiger partial charge in [-0.25, -0.2) is 4.79 Å². The van der Waals surface area contributed by atoms with Crippen LogP contribution in [0.3, 0.4) is 0 Å². The fourth-order valence-corrected chi connectivity index (χ4v) is 1.12. The van der Waals surface area contributed by atoms with Gasteiger partial charge >= 0.3 is 13.3 Å². The summed E-state index contributed by atoms with van der Waals surface area (Å²) in [6.45, 7) is 0. The van der Waals surface area contributed by atoms with Gasteiger partial charge in [0.2, 0.25) is 0 Å². The molecule has 0 atom stereocenters. The summed E-state index contributed by atoms with van der Waals surface area (Å²) < 4.78 is 14.1. The van der Waals surface area contributed by atoms with Crippen molar-refractivity contribution >= 4 is 13.3 Å². The van der Waals surface area contributed by atoms with E-state index >= 15 is 0 Å². The van der Waals surface area contributed by atoms with Gasteiger partial charge in [-0.3, -0.25) is 0 Å². The molecule has 86 valence electrons. The Morgan fingerprint density at radius 2 is 2.00 bits per heavy atom. The quantitative estimate of drug-likeness (QED) is 0.547. The van der Waals surface area contributed by atoms with E-state index in [9.17, 15) is 4.79 Å². The molecule has 1 aromatic rings. The van der Waals surface area contributed by atoms with Crippen LogP contribution in [0, 0.1) is 0 Å². The molecule has 0 radical (unpaired) electrons. The van der Waals surface area contributed by atoms with Crippen LogP contribution >= 0.6 is 0 Å². The Bertz CT molecular complexity index is 378. The van der Waals surface area contributed by atoms with Gasteiger partial charge in [-0.15, -0.1) is 0 Å². The normalized spacial score (nSPS) is 9.50. The van der Waals surface area contributed by atoms with Crippen LogP contribution < -0.4 is 9.39 Å². The van der Waals surface area contributed by atoms with Crippen LogP contribution in [-0.2, 0) is 4.74 Å². The maximum atomic E-state index is 11.4. The Labute approximate surface area is 92.5 Å². The molecule has 0 aliphatic rings. The van der Waals surface area contributed by atoms with Crippen molar-refractivity contribution < 1.29 is 29.0 Å². The molecule has 0 saturated carbocycles. The lowest BCUT2D eigenvalue weighted by molar-refractivity contribution is 0.0597. The molecule has 0 bridgehead atoms. The summed E-state index contributed by atoms with van der Waals surface area (Å²) >= 11 is 0. The number of esters is 1. The summed E-state index contributed by atoms with van der Waals surface area (Å²) in [5, 5.41) is 17.3. The zero-order chi connectivity index (χ0) is 12.1. The van der Waals surface area contributed by atoms with E-state index < -0.39 is 13.3 Å². The maximum Gasteiger partial charge on any atom is 0.707 e. The number of carbonyl (C=O) groups excluding carboxylic acids is 1. The highest BCUT2D eigenvalue weighted by atomic mass is 16.6. The zero-order valence-corrected chi connectivity index (χ0v) is 8.84. The highest BCUT2D eigenvalue weighted by Crippen LogP contribution is 2.24. The van der Waals surface area contributed by atoms with Crippen LogP contribution in [0.25, 0.3) is 0 Å². The van der Waals surface area contributed by atoms with E-state index in [-0.39, 0.29) is 11.3 Å². The molecule has 0 aliphatic carbocycles. The standard InChI is InChI=1S/C9H11BO6/c1-14-6-3-4-8(16-10(12)13)7(5-6)9(11)15-2/h3-5,12-13H,1-2H3. The number of carbonyl (C=O) groups is 1. The van der Waals surface area contributed by atoms with Crippen LogP contribution in [0.5, 0.6) is 11.5 Å². The Morgan fingerprint density at radius 3 is 2.50 bits per heavy atom. The first kappa shape index (κ1) is 12.3. The number of hydrogen-bond acceptors (Lipinski definition) is 6. The summed E-state index contributed by atoms with van der Waals surface area (Å²) in [5.41, 5.74) is 0.0509. The fourth-order valence-electron chi connectivity index (χ4n) is 1.12. The summed E-state index contributed by atoms with van der Waals surface area (Å²) in [6.07, 6.45) is 0. The molecule has 0 heterocycles. The zero-order valence-electron chi connectivity index (χ0n) is 8.84. The van der Waals surface area contributed by atoms with Crippen molar-refractivity contribution in [2.24, 2.45) is 0 Å². The molecule has 1 rings (SSSR count). The first-order valence-corrected chi connectivity index (χ1v) is 4.37. The summed E-state index contributed by atoms with van der Waals surface area (Å²) in [7, 11) is 0.649. The second-order valence-corrected chi connectivity index (χ2v) is 2.80. The van der Waals surface area contributed by atoms with Crippen LogP contribution in [0.15, 0.2) is 18.2 Å². The van der Waals surface area contributed by atoms with E-state index in [1.165, 1.54) is 32.4 Å². The molecule has 0 aromatic heterocycles. The summed E-state index contributed by atoms with van der Waals surface area (Å²) in [4.78, 5) is 11.4. The topological polar surface area (TPSA) is 85.2 Å². The van der Waals surface area contributed by atoms with Crippen LogP contribution in [0.4, 0.5) is 0 Å². The molecule has 0 spiro atoms. The number of hydrogen-bond donors (Lipinski definition) is 2. The maximum absolute atomic E-state index is 11.4. The smallest absolute Gasteiger partial charge is 0.511 e. The number of methoxy groups -OCH3 is 2. The van der Waals surface area contributed by atoms with Crippen molar-refractivity contribution in [1.29, 1.82) is 0 Å². The molecule has 1 aromatic carbocycles. The van der Waals surface area contributed by atoms with Gasteiger partial charge in [-0.1, -0.05) is 0 Å². The number of ether oxygens (including phenoxy) is 2. The van der Waals surface area contributed by atoms with Gasteiger partial charge in [-0.05, 0) is 18.2 Å². The lowest BCUT2D eigenvalue weighted by Crippen LogP contribution is -2.22. The fraction of sp³-hybridized carbons (Fsp3) is 0.222. The van der Waals surface area contributed by atoms with Gasteiger partial charge in [0.05, 0.1) is 14.2 Å². The van der Waals surface area contributed by atoms with Gasteiger partial charge < -0.3 is 24.2 Å². The predicted molar refractivity (Wildman–Crippen MR) is 55.2 cm³/mol. The molecule has 2 N–H and O–H groups in total. The third-order valence-electron chi connectivity index (χ3n) is 1.82. The van der Waals surface area contributed by atoms with Crippen molar-refractivity contribution in [3.8, 4) is 11.5 Å². The summed E-state index contributed by atoms with van der Waals surface area (Å²) in [6, 6.07) is 4.28. The SMILES string of the molecule is COC(=O)c1cc(OC)ccc1OB(O)O. The molecular weight excluding hydrogens is 215 g/mol. The second kappa shape index (κ2) is 5.38. The highest BCUT2D eigenvalue weighted by Gasteiger charge is 2.19. The van der Waals surface area contributed by atoms with Gasteiger partial charge in [0.25, 0.3) is 0 Å². The van der Waals surface area contributed by atoms with Gasteiger partial charge in [0.1, 0.15) is 17.1 Å². The van der Waals surface area contributed by atoms with Crippen molar-refractivity contribution in [3.05, 3.63) is 23.8 Å². The number of rotatable bonds is 4. The Hall–Kier alpha value is -1.73. The third kappa shape index (κ3) is 2.88. The van der Waals surface area contributed by atoms with Gasteiger partial charge in [0, 0.05) is 0 Å². The first-order valence-electron chi connectivity index (χ1n) is 4.37. The average molecular weight is 226 g/mol. The molecule has 16 heavy (non-hydrogen) atoms. The molecule has 0 aliphatic heterocycles. The van der Waals surface area contributed by atoms with Crippen molar-refractivity contribution in [1.82, 2.24) is 0 Å². The van der Waals surface area contributed by atoms with E-state index in [2.05, 4.69) is 9.39 Å². The molecular formula is C9H11BO6. The third-order valence-corrected chi connectivity index (χ3v) is 1.82. The lowest BCUT2D eigenvalue weighted by Gasteiger charge is -2.10. The molecule has 0 fully saturated rings. The second-order valence-electron chi connectivity index (χ2n) is 2.80. The molecule has 6 nitrogen and oxygen atoms in total. The van der Waals surface area contributed by atoms with E-state index in [0.717, 1.165) is 0 Å². The van der Waals surface area contributed by atoms with Crippen molar-refractivity contribution in [2.75, 3.05) is 14.2 Å². The van der Waals surface area contributed by atoms with Crippen LogP contribution in [-0.4, -0.2) is 37.6 Å².